The van der Waals surface area contributed by atoms with Crippen LogP contribution in [0.4, 0.5) is 0 Å². The van der Waals surface area contributed by atoms with E-state index in [0.29, 0.717) is 12.5 Å². The van der Waals surface area contributed by atoms with Gasteiger partial charge < -0.3 is 10.6 Å². The summed E-state index contributed by atoms with van der Waals surface area (Å²) in [5.74, 6) is 0.566. The van der Waals surface area contributed by atoms with E-state index < -0.39 is 0 Å². The number of carbonyl (C=O) groups excluding carboxylic acids is 1. The molecule has 0 saturated carbocycles. The molecule has 1 aliphatic heterocycles. The summed E-state index contributed by atoms with van der Waals surface area (Å²) in [4.78, 5) is 16.4. The lowest BCUT2D eigenvalue weighted by atomic mass is 9.92. The summed E-state index contributed by atoms with van der Waals surface area (Å²) < 4.78 is 0. The van der Waals surface area contributed by atoms with Crippen molar-refractivity contribution in [1.82, 2.24) is 15.6 Å². The summed E-state index contributed by atoms with van der Waals surface area (Å²) in [6, 6.07) is -0.0169. The van der Waals surface area contributed by atoms with E-state index >= 15 is 0 Å². The molecule has 0 spiro atoms. The molecular formula is C13H21N3OS. The SMILES string of the molecule is Cc1csc(CCNC(=O)C2NCCCC2C)n1. The van der Waals surface area contributed by atoms with E-state index in [1.807, 2.05) is 12.3 Å². The van der Waals surface area contributed by atoms with Crippen LogP contribution in [0.1, 0.15) is 30.5 Å². The fourth-order valence-electron chi connectivity index (χ4n) is 2.32. The third kappa shape index (κ3) is 3.53. The molecule has 2 rings (SSSR count). The molecule has 4 nitrogen and oxygen atoms in total. The molecule has 1 fully saturated rings. The average molecular weight is 267 g/mol. The summed E-state index contributed by atoms with van der Waals surface area (Å²) in [5, 5.41) is 9.44. The zero-order chi connectivity index (χ0) is 13.0. The number of hydrogen-bond donors (Lipinski definition) is 2. The Kier molecular flexibility index (Phi) is 4.72. The average Bonchev–Trinajstić information content (AvgIpc) is 2.75. The number of amides is 1. The molecule has 2 unspecified atom stereocenters. The van der Waals surface area contributed by atoms with Gasteiger partial charge in [-0.3, -0.25) is 4.79 Å². The molecule has 0 aliphatic carbocycles. The van der Waals surface area contributed by atoms with Crippen LogP contribution in [0.25, 0.3) is 0 Å². The second kappa shape index (κ2) is 6.29. The molecule has 0 bridgehead atoms. The van der Waals surface area contributed by atoms with Crippen molar-refractivity contribution in [3.63, 3.8) is 0 Å². The molecule has 2 heterocycles. The Labute approximate surface area is 112 Å². The fourth-order valence-corrected chi connectivity index (χ4v) is 3.10. The fraction of sp³-hybridized carbons (Fsp3) is 0.692. The zero-order valence-corrected chi connectivity index (χ0v) is 11.8. The van der Waals surface area contributed by atoms with Gasteiger partial charge in [-0.2, -0.15) is 0 Å². The second-order valence-electron chi connectivity index (χ2n) is 4.97. The van der Waals surface area contributed by atoms with Crippen molar-refractivity contribution >= 4 is 17.2 Å². The van der Waals surface area contributed by atoms with Gasteiger partial charge in [0.15, 0.2) is 0 Å². The van der Waals surface area contributed by atoms with Gasteiger partial charge in [0.1, 0.15) is 0 Å². The first kappa shape index (κ1) is 13.5. The minimum atomic E-state index is -0.0169. The van der Waals surface area contributed by atoms with E-state index in [4.69, 9.17) is 0 Å². The summed E-state index contributed by atoms with van der Waals surface area (Å²) in [5.41, 5.74) is 1.06. The van der Waals surface area contributed by atoms with Gasteiger partial charge in [0, 0.05) is 24.0 Å². The summed E-state index contributed by atoms with van der Waals surface area (Å²) >= 11 is 1.66. The molecule has 0 aromatic carbocycles. The third-order valence-corrected chi connectivity index (χ3v) is 4.38. The number of hydrogen-bond acceptors (Lipinski definition) is 4. The molecule has 2 atom stereocenters. The predicted octanol–water partition coefficient (Wildman–Crippen LogP) is 1.50. The first-order chi connectivity index (χ1) is 8.66. The van der Waals surface area contributed by atoms with E-state index in [9.17, 15) is 4.79 Å². The molecule has 1 aromatic heterocycles. The highest BCUT2D eigenvalue weighted by Crippen LogP contribution is 2.15. The standard InChI is InChI=1S/C13H21N3OS/c1-9-4-3-6-14-12(9)13(17)15-7-5-11-16-10(2)8-18-11/h8-9,12,14H,3-7H2,1-2H3,(H,15,17). The highest BCUT2D eigenvalue weighted by Gasteiger charge is 2.26. The number of nitrogens with zero attached hydrogens (tertiary/aromatic N) is 1. The predicted molar refractivity (Wildman–Crippen MR) is 73.8 cm³/mol. The molecule has 2 N–H and O–H groups in total. The van der Waals surface area contributed by atoms with Gasteiger partial charge in [0.05, 0.1) is 11.0 Å². The maximum Gasteiger partial charge on any atom is 0.237 e. The van der Waals surface area contributed by atoms with E-state index in [-0.39, 0.29) is 11.9 Å². The minimum Gasteiger partial charge on any atom is -0.354 e. The lowest BCUT2D eigenvalue weighted by molar-refractivity contribution is -0.124. The van der Waals surface area contributed by atoms with Crippen molar-refractivity contribution in [1.29, 1.82) is 0 Å². The maximum atomic E-state index is 12.0. The molecule has 100 valence electrons. The monoisotopic (exact) mass is 267 g/mol. The summed E-state index contributed by atoms with van der Waals surface area (Å²) in [7, 11) is 0. The molecule has 1 aromatic rings. The molecule has 1 aliphatic rings. The van der Waals surface area contributed by atoms with Crippen molar-refractivity contribution in [2.24, 2.45) is 5.92 Å². The number of carbonyl (C=O) groups is 1. The number of aromatic nitrogens is 1. The Morgan fingerprint density at radius 3 is 3.17 bits per heavy atom. The second-order valence-corrected chi connectivity index (χ2v) is 5.92. The maximum absolute atomic E-state index is 12.0. The van der Waals surface area contributed by atoms with E-state index in [2.05, 4.69) is 22.5 Å². The molecule has 1 amide bonds. The quantitative estimate of drug-likeness (QED) is 0.869. The highest BCUT2D eigenvalue weighted by atomic mass is 32.1. The van der Waals surface area contributed by atoms with Gasteiger partial charge in [-0.25, -0.2) is 4.98 Å². The van der Waals surface area contributed by atoms with Gasteiger partial charge >= 0.3 is 0 Å². The van der Waals surface area contributed by atoms with Crippen LogP contribution in [0.2, 0.25) is 0 Å². The van der Waals surface area contributed by atoms with Crippen LogP contribution in [-0.4, -0.2) is 30.0 Å². The lowest BCUT2D eigenvalue weighted by Crippen LogP contribution is -2.51. The van der Waals surface area contributed by atoms with Crippen molar-refractivity contribution in [3.05, 3.63) is 16.1 Å². The van der Waals surface area contributed by atoms with Crippen molar-refractivity contribution < 1.29 is 4.79 Å². The van der Waals surface area contributed by atoms with Crippen molar-refractivity contribution in [2.45, 2.75) is 39.2 Å². The van der Waals surface area contributed by atoms with Gasteiger partial charge in [0.25, 0.3) is 0 Å². The van der Waals surface area contributed by atoms with E-state index in [1.54, 1.807) is 11.3 Å². The molecule has 1 saturated heterocycles. The van der Waals surface area contributed by atoms with Gasteiger partial charge in [-0.05, 0) is 32.2 Å². The van der Waals surface area contributed by atoms with Crippen LogP contribution in [0.15, 0.2) is 5.38 Å². The van der Waals surface area contributed by atoms with E-state index in [1.165, 1.54) is 6.42 Å². The Hall–Kier alpha value is -0.940. The van der Waals surface area contributed by atoms with Crippen LogP contribution in [-0.2, 0) is 11.2 Å². The van der Waals surface area contributed by atoms with E-state index in [0.717, 1.165) is 30.1 Å². The Morgan fingerprint density at radius 2 is 2.50 bits per heavy atom. The Bertz CT molecular complexity index is 405. The van der Waals surface area contributed by atoms with Crippen LogP contribution >= 0.6 is 11.3 Å². The van der Waals surface area contributed by atoms with Crippen LogP contribution in [0, 0.1) is 12.8 Å². The molecule has 0 radical (unpaired) electrons. The van der Waals surface area contributed by atoms with Crippen LogP contribution in [0.3, 0.4) is 0 Å². The first-order valence-corrected chi connectivity index (χ1v) is 7.47. The molecule has 5 heteroatoms. The minimum absolute atomic E-state index is 0.0169. The Balaban J connectivity index is 1.74. The number of thiazole rings is 1. The van der Waals surface area contributed by atoms with Crippen molar-refractivity contribution in [2.75, 3.05) is 13.1 Å². The first-order valence-electron chi connectivity index (χ1n) is 6.59. The topological polar surface area (TPSA) is 54.0 Å². The van der Waals surface area contributed by atoms with Gasteiger partial charge in [0.2, 0.25) is 5.91 Å². The number of aryl methyl sites for hydroxylation is 1. The van der Waals surface area contributed by atoms with Crippen LogP contribution < -0.4 is 10.6 Å². The van der Waals surface area contributed by atoms with Gasteiger partial charge in [-0.15, -0.1) is 11.3 Å². The summed E-state index contributed by atoms with van der Waals surface area (Å²) in [6.45, 7) is 5.76. The zero-order valence-electron chi connectivity index (χ0n) is 11.0. The van der Waals surface area contributed by atoms with Gasteiger partial charge in [-0.1, -0.05) is 6.92 Å². The molecule has 18 heavy (non-hydrogen) atoms. The highest BCUT2D eigenvalue weighted by molar-refractivity contribution is 7.09. The smallest absolute Gasteiger partial charge is 0.237 e. The largest absolute Gasteiger partial charge is 0.354 e. The van der Waals surface area contributed by atoms with Crippen molar-refractivity contribution in [3.8, 4) is 0 Å². The van der Waals surface area contributed by atoms with Crippen LogP contribution in [0.5, 0.6) is 0 Å². The number of piperidine rings is 1. The molecular weight excluding hydrogens is 246 g/mol. The Morgan fingerprint density at radius 1 is 1.67 bits per heavy atom. The summed E-state index contributed by atoms with van der Waals surface area (Å²) in [6.07, 6.45) is 3.13. The number of rotatable bonds is 4. The lowest BCUT2D eigenvalue weighted by Gasteiger charge is -2.28. The number of nitrogens with one attached hydrogen (secondary N) is 2. The third-order valence-electron chi connectivity index (χ3n) is 3.36. The normalized spacial score (nSPS) is 23.9.